The Morgan fingerprint density at radius 2 is 1.95 bits per heavy atom. The number of ether oxygens (including phenoxy) is 1. The molecule has 0 radical (unpaired) electrons. The first-order chi connectivity index (χ1) is 9.69. The van der Waals surface area contributed by atoms with Gasteiger partial charge in [-0.1, -0.05) is 17.7 Å². The van der Waals surface area contributed by atoms with E-state index in [0.717, 1.165) is 5.69 Å². The van der Waals surface area contributed by atoms with E-state index in [4.69, 9.17) is 21.6 Å². The van der Waals surface area contributed by atoms with E-state index in [2.05, 4.69) is 5.32 Å². The number of nitriles is 1. The minimum absolute atomic E-state index is 0.0166. The third-order valence-electron chi connectivity index (χ3n) is 2.66. The Labute approximate surface area is 121 Å². The molecule has 0 saturated heterocycles. The van der Waals surface area contributed by atoms with Crippen LogP contribution in [-0.4, -0.2) is 6.61 Å². The summed E-state index contributed by atoms with van der Waals surface area (Å²) in [5, 5.41) is 11.9. The summed E-state index contributed by atoms with van der Waals surface area (Å²) >= 11 is 5.70. The number of halogens is 2. The Hall–Kier alpha value is -2.25. The highest BCUT2D eigenvalue weighted by Crippen LogP contribution is 2.18. The third kappa shape index (κ3) is 3.87. The van der Waals surface area contributed by atoms with Gasteiger partial charge < -0.3 is 10.1 Å². The Bertz CT molecular complexity index is 623. The van der Waals surface area contributed by atoms with Gasteiger partial charge in [-0.15, -0.1) is 0 Å². The summed E-state index contributed by atoms with van der Waals surface area (Å²) < 4.78 is 18.7. The van der Waals surface area contributed by atoms with Crippen molar-refractivity contribution in [2.75, 3.05) is 11.9 Å². The van der Waals surface area contributed by atoms with Crippen LogP contribution in [0.3, 0.4) is 0 Å². The van der Waals surface area contributed by atoms with Crippen LogP contribution in [0.15, 0.2) is 42.5 Å². The van der Waals surface area contributed by atoms with Crippen LogP contribution in [0.1, 0.15) is 5.56 Å². The molecule has 0 unspecified atom stereocenters. The van der Waals surface area contributed by atoms with E-state index < -0.39 is 0 Å². The summed E-state index contributed by atoms with van der Waals surface area (Å²) in [6.07, 6.45) is 0. The molecule has 2 rings (SSSR count). The fourth-order valence-electron chi connectivity index (χ4n) is 1.65. The van der Waals surface area contributed by atoms with E-state index >= 15 is 0 Å². The average molecular weight is 291 g/mol. The van der Waals surface area contributed by atoms with Crippen LogP contribution in [0.4, 0.5) is 10.1 Å². The van der Waals surface area contributed by atoms with Crippen molar-refractivity contribution in [1.29, 1.82) is 5.26 Å². The number of nitrogens with zero attached hydrogens (tertiary/aromatic N) is 1. The van der Waals surface area contributed by atoms with Gasteiger partial charge in [0, 0.05) is 22.8 Å². The molecule has 0 fully saturated rings. The van der Waals surface area contributed by atoms with Gasteiger partial charge in [0.2, 0.25) is 0 Å². The van der Waals surface area contributed by atoms with Gasteiger partial charge in [-0.25, -0.2) is 4.39 Å². The molecule has 0 aliphatic heterocycles. The second-order valence-corrected chi connectivity index (χ2v) is 4.50. The molecule has 0 amide bonds. The molecule has 20 heavy (non-hydrogen) atoms. The Kier molecular flexibility index (Phi) is 4.80. The molecule has 0 saturated carbocycles. The van der Waals surface area contributed by atoms with E-state index in [1.165, 1.54) is 6.07 Å². The summed E-state index contributed by atoms with van der Waals surface area (Å²) in [7, 11) is 0. The zero-order valence-electron chi connectivity index (χ0n) is 10.6. The predicted octanol–water partition coefficient (Wildman–Crippen LogP) is 3.99. The van der Waals surface area contributed by atoms with Gasteiger partial charge >= 0.3 is 0 Å². The SMILES string of the molecule is N#CCOc1ccc(NCc2ccc(Cl)cc2F)cc1. The molecule has 0 aliphatic rings. The van der Waals surface area contributed by atoms with Crippen LogP contribution in [0, 0.1) is 17.1 Å². The molecular weight excluding hydrogens is 279 g/mol. The largest absolute Gasteiger partial charge is 0.479 e. The van der Waals surface area contributed by atoms with Crippen LogP contribution in [0.2, 0.25) is 5.02 Å². The van der Waals surface area contributed by atoms with Gasteiger partial charge in [0.15, 0.2) is 6.61 Å². The van der Waals surface area contributed by atoms with Crippen molar-refractivity contribution in [2.45, 2.75) is 6.54 Å². The number of rotatable bonds is 5. The van der Waals surface area contributed by atoms with E-state index in [9.17, 15) is 4.39 Å². The quantitative estimate of drug-likeness (QED) is 0.905. The van der Waals surface area contributed by atoms with E-state index in [1.807, 2.05) is 6.07 Å². The van der Waals surface area contributed by atoms with Gasteiger partial charge in [0.1, 0.15) is 17.6 Å². The fraction of sp³-hybridized carbons (Fsp3) is 0.133. The maximum absolute atomic E-state index is 13.6. The maximum Gasteiger partial charge on any atom is 0.174 e. The first-order valence-corrected chi connectivity index (χ1v) is 6.34. The Morgan fingerprint density at radius 1 is 1.20 bits per heavy atom. The summed E-state index contributed by atoms with van der Waals surface area (Å²) in [5.74, 6) is 0.286. The van der Waals surface area contributed by atoms with E-state index in [0.29, 0.717) is 22.9 Å². The number of hydrogen-bond donors (Lipinski definition) is 1. The van der Waals surface area contributed by atoms with E-state index in [1.54, 1.807) is 36.4 Å². The first kappa shape index (κ1) is 14.2. The summed E-state index contributed by atoms with van der Waals surface area (Å²) in [4.78, 5) is 0. The van der Waals surface area contributed by atoms with Gasteiger partial charge in [-0.05, 0) is 36.4 Å². The molecule has 2 aromatic rings. The smallest absolute Gasteiger partial charge is 0.174 e. The molecule has 3 nitrogen and oxygen atoms in total. The van der Waals surface area contributed by atoms with E-state index in [-0.39, 0.29) is 12.4 Å². The topological polar surface area (TPSA) is 45.0 Å². The molecule has 2 aromatic carbocycles. The normalized spacial score (nSPS) is 9.85. The van der Waals surface area contributed by atoms with Crippen molar-refractivity contribution >= 4 is 17.3 Å². The molecule has 0 heterocycles. The zero-order chi connectivity index (χ0) is 14.4. The molecular formula is C15H12ClFN2O. The van der Waals surface area contributed by atoms with Crippen molar-refractivity contribution in [1.82, 2.24) is 0 Å². The number of anilines is 1. The number of nitrogens with one attached hydrogen (secondary N) is 1. The minimum atomic E-state index is -0.334. The third-order valence-corrected chi connectivity index (χ3v) is 2.89. The molecule has 102 valence electrons. The van der Waals surface area contributed by atoms with Crippen LogP contribution in [0.25, 0.3) is 0 Å². The maximum atomic E-state index is 13.6. The lowest BCUT2D eigenvalue weighted by molar-refractivity contribution is 0.368. The molecule has 0 bridgehead atoms. The van der Waals surface area contributed by atoms with Crippen LogP contribution >= 0.6 is 11.6 Å². The molecule has 0 aromatic heterocycles. The second-order valence-electron chi connectivity index (χ2n) is 4.06. The summed E-state index contributed by atoms with van der Waals surface area (Å²) in [6, 6.07) is 13.6. The highest BCUT2D eigenvalue weighted by Gasteiger charge is 2.03. The minimum Gasteiger partial charge on any atom is -0.479 e. The predicted molar refractivity (Wildman–Crippen MR) is 76.3 cm³/mol. The first-order valence-electron chi connectivity index (χ1n) is 5.96. The monoisotopic (exact) mass is 290 g/mol. The van der Waals surface area contributed by atoms with Gasteiger partial charge in [-0.3, -0.25) is 0 Å². The fourth-order valence-corrected chi connectivity index (χ4v) is 1.81. The Morgan fingerprint density at radius 3 is 2.60 bits per heavy atom. The van der Waals surface area contributed by atoms with Crippen molar-refractivity contribution < 1.29 is 9.13 Å². The lowest BCUT2D eigenvalue weighted by atomic mass is 10.2. The molecule has 0 spiro atoms. The Balaban J connectivity index is 1.95. The molecule has 1 N–H and O–H groups in total. The van der Waals surface area contributed by atoms with Crippen LogP contribution in [0.5, 0.6) is 5.75 Å². The summed E-state index contributed by atoms with van der Waals surface area (Å²) in [6.45, 7) is 0.379. The van der Waals surface area contributed by atoms with Crippen molar-refractivity contribution in [2.24, 2.45) is 0 Å². The lowest BCUT2D eigenvalue weighted by Crippen LogP contribution is -2.01. The molecule has 0 atom stereocenters. The van der Waals surface area contributed by atoms with Gasteiger partial charge in [-0.2, -0.15) is 5.26 Å². The number of benzene rings is 2. The lowest BCUT2D eigenvalue weighted by Gasteiger charge is -2.08. The van der Waals surface area contributed by atoms with Crippen LogP contribution < -0.4 is 10.1 Å². The average Bonchev–Trinajstić information content (AvgIpc) is 2.45. The van der Waals surface area contributed by atoms with Gasteiger partial charge in [0.25, 0.3) is 0 Å². The second kappa shape index (κ2) is 6.78. The number of hydrogen-bond acceptors (Lipinski definition) is 3. The highest BCUT2D eigenvalue weighted by molar-refractivity contribution is 6.30. The van der Waals surface area contributed by atoms with Crippen LogP contribution in [-0.2, 0) is 6.54 Å². The molecule has 0 aliphatic carbocycles. The molecule has 5 heteroatoms. The van der Waals surface area contributed by atoms with Crippen molar-refractivity contribution in [3.8, 4) is 11.8 Å². The van der Waals surface area contributed by atoms with Crippen molar-refractivity contribution in [3.05, 3.63) is 58.9 Å². The standard InChI is InChI=1S/C15H12ClFN2O/c16-12-2-1-11(15(17)9-12)10-19-13-3-5-14(6-4-13)20-8-7-18/h1-6,9,19H,8,10H2. The zero-order valence-corrected chi connectivity index (χ0v) is 11.3. The van der Waals surface area contributed by atoms with Gasteiger partial charge in [0.05, 0.1) is 0 Å². The van der Waals surface area contributed by atoms with Crippen molar-refractivity contribution in [3.63, 3.8) is 0 Å². The highest BCUT2D eigenvalue weighted by atomic mass is 35.5. The summed E-state index contributed by atoms with van der Waals surface area (Å²) in [5.41, 5.74) is 1.38.